The van der Waals surface area contributed by atoms with Crippen LogP contribution in [-0.2, 0) is 6.54 Å². The van der Waals surface area contributed by atoms with Gasteiger partial charge >= 0.3 is 0 Å². The minimum absolute atomic E-state index is 0.527. The summed E-state index contributed by atoms with van der Waals surface area (Å²) in [5.74, 6) is 0. The summed E-state index contributed by atoms with van der Waals surface area (Å²) in [6.45, 7) is 0.527. The van der Waals surface area contributed by atoms with Gasteiger partial charge < -0.3 is 10.6 Å². The Hall–Kier alpha value is -1.46. The lowest BCUT2D eigenvalue weighted by molar-refractivity contribution is 1.04. The largest absolute Gasteiger partial charge is 0.326 e. The summed E-state index contributed by atoms with van der Waals surface area (Å²) in [6, 6.07) is 8.03. The summed E-state index contributed by atoms with van der Waals surface area (Å²) in [5, 5.41) is 0.871. The van der Waals surface area contributed by atoms with Crippen molar-refractivity contribution >= 4 is 22.4 Å². The maximum Gasteiger partial charge on any atom is 0.209 e. The molecule has 0 aliphatic heterocycles. The molecule has 0 aliphatic rings. The molecule has 2 rings (SSSR count). The van der Waals surface area contributed by atoms with Gasteiger partial charge in [0, 0.05) is 30.8 Å². The van der Waals surface area contributed by atoms with Gasteiger partial charge in [0.15, 0.2) is 0 Å². The second-order valence-electron chi connectivity index (χ2n) is 3.12. The molecule has 4 nitrogen and oxygen atoms in total. The topological polar surface area (TPSA) is 55.0 Å². The highest BCUT2D eigenvalue weighted by Gasteiger charge is 2.09. The third kappa shape index (κ3) is 1.98. The molecule has 0 atom stereocenters. The highest BCUT2D eigenvalue weighted by Crippen LogP contribution is 2.26. The van der Waals surface area contributed by atoms with Crippen LogP contribution in [0.5, 0.6) is 0 Å². The lowest BCUT2D eigenvalue weighted by Gasteiger charge is -2.18. The van der Waals surface area contributed by atoms with Crippen molar-refractivity contribution in [1.82, 2.24) is 9.36 Å². The Bertz CT molecular complexity index is 427. The van der Waals surface area contributed by atoms with E-state index in [9.17, 15) is 0 Å². The van der Waals surface area contributed by atoms with Crippen LogP contribution in [0.1, 0.15) is 5.56 Å². The number of nitrogens with two attached hydrogens (primary N) is 1. The Labute approximate surface area is 92.5 Å². The molecule has 78 valence electrons. The maximum absolute atomic E-state index is 5.68. The average Bonchev–Trinajstić information content (AvgIpc) is 2.81. The molecule has 0 aliphatic carbocycles. The van der Waals surface area contributed by atoms with Gasteiger partial charge in [-0.25, -0.2) is 4.98 Å². The fraction of sp³-hybridized carbons (Fsp3) is 0.200. The monoisotopic (exact) mass is 220 g/mol. The molecule has 1 aromatic carbocycles. The quantitative estimate of drug-likeness (QED) is 0.856. The third-order valence-corrected chi connectivity index (χ3v) is 2.95. The molecule has 0 saturated heterocycles. The number of nitrogens with zero attached hydrogens (tertiary/aromatic N) is 3. The molecule has 1 aromatic heterocycles. The zero-order chi connectivity index (χ0) is 10.7. The van der Waals surface area contributed by atoms with Crippen LogP contribution in [0.25, 0.3) is 0 Å². The molecule has 2 N–H and O–H groups in total. The molecule has 2 aromatic rings. The second-order valence-corrected chi connectivity index (χ2v) is 3.87. The van der Waals surface area contributed by atoms with E-state index >= 15 is 0 Å². The smallest absolute Gasteiger partial charge is 0.209 e. The Kier molecular flexibility index (Phi) is 2.94. The zero-order valence-electron chi connectivity index (χ0n) is 8.42. The van der Waals surface area contributed by atoms with Crippen molar-refractivity contribution in [3.8, 4) is 0 Å². The van der Waals surface area contributed by atoms with Crippen molar-refractivity contribution in [2.45, 2.75) is 6.54 Å². The van der Waals surface area contributed by atoms with Crippen molar-refractivity contribution in [2.75, 3.05) is 11.9 Å². The molecule has 1 heterocycles. The second kappa shape index (κ2) is 4.37. The number of rotatable bonds is 3. The number of para-hydroxylation sites is 1. The summed E-state index contributed by atoms with van der Waals surface area (Å²) in [6.07, 6.45) is 1.56. The van der Waals surface area contributed by atoms with Crippen LogP contribution < -0.4 is 10.6 Å². The first-order chi connectivity index (χ1) is 7.33. The van der Waals surface area contributed by atoms with Gasteiger partial charge in [0.25, 0.3) is 0 Å². The van der Waals surface area contributed by atoms with E-state index in [-0.39, 0.29) is 0 Å². The van der Waals surface area contributed by atoms with E-state index in [0.717, 1.165) is 16.4 Å². The highest BCUT2D eigenvalue weighted by atomic mass is 32.1. The van der Waals surface area contributed by atoms with E-state index in [1.54, 1.807) is 6.33 Å². The molecule has 5 heteroatoms. The molecule has 0 amide bonds. The van der Waals surface area contributed by atoms with E-state index in [2.05, 4.69) is 9.36 Å². The van der Waals surface area contributed by atoms with Gasteiger partial charge in [-0.05, 0) is 11.6 Å². The molecule has 0 radical (unpaired) electrons. The van der Waals surface area contributed by atoms with E-state index < -0.39 is 0 Å². The Morgan fingerprint density at radius 2 is 2.20 bits per heavy atom. The first-order valence-electron chi connectivity index (χ1n) is 4.61. The van der Waals surface area contributed by atoms with Gasteiger partial charge in [0.1, 0.15) is 6.33 Å². The Morgan fingerprint density at radius 3 is 2.87 bits per heavy atom. The number of aromatic nitrogens is 2. The Balaban J connectivity index is 2.37. The van der Waals surface area contributed by atoms with Crippen molar-refractivity contribution in [3.63, 3.8) is 0 Å². The van der Waals surface area contributed by atoms with E-state index in [4.69, 9.17) is 5.73 Å². The van der Waals surface area contributed by atoms with Crippen LogP contribution in [0.15, 0.2) is 30.6 Å². The normalized spacial score (nSPS) is 10.3. The van der Waals surface area contributed by atoms with Crippen LogP contribution >= 0.6 is 11.5 Å². The van der Waals surface area contributed by atoms with E-state index in [1.807, 2.05) is 36.2 Å². The van der Waals surface area contributed by atoms with Crippen LogP contribution in [0.3, 0.4) is 0 Å². The van der Waals surface area contributed by atoms with Crippen LogP contribution in [0.4, 0.5) is 10.8 Å². The van der Waals surface area contributed by atoms with Crippen LogP contribution in [0.2, 0.25) is 0 Å². The van der Waals surface area contributed by atoms with Crippen molar-refractivity contribution in [2.24, 2.45) is 5.73 Å². The predicted molar refractivity (Wildman–Crippen MR) is 62.3 cm³/mol. The molecular weight excluding hydrogens is 208 g/mol. The number of benzene rings is 1. The van der Waals surface area contributed by atoms with Crippen molar-refractivity contribution in [3.05, 3.63) is 36.2 Å². The molecular formula is C10H12N4S. The number of hydrogen-bond acceptors (Lipinski definition) is 5. The summed E-state index contributed by atoms with van der Waals surface area (Å²) in [5.41, 5.74) is 7.87. The third-order valence-electron chi connectivity index (χ3n) is 2.21. The Morgan fingerprint density at radius 1 is 1.40 bits per heavy atom. The van der Waals surface area contributed by atoms with Gasteiger partial charge in [0.05, 0.1) is 0 Å². The SMILES string of the molecule is CN(c1ncns1)c1ccccc1CN. The maximum atomic E-state index is 5.68. The lowest BCUT2D eigenvalue weighted by atomic mass is 10.1. The molecule has 0 spiro atoms. The molecule has 0 bridgehead atoms. The highest BCUT2D eigenvalue weighted by molar-refractivity contribution is 7.09. The van der Waals surface area contributed by atoms with Gasteiger partial charge in [-0.1, -0.05) is 18.2 Å². The summed E-state index contributed by atoms with van der Waals surface area (Å²) < 4.78 is 3.98. The number of anilines is 2. The molecule has 0 unspecified atom stereocenters. The summed E-state index contributed by atoms with van der Waals surface area (Å²) >= 11 is 1.37. The predicted octanol–water partition coefficient (Wildman–Crippen LogP) is 1.76. The fourth-order valence-corrected chi connectivity index (χ4v) is 1.93. The summed E-state index contributed by atoms with van der Waals surface area (Å²) in [4.78, 5) is 6.16. The van der Waals surface area contributed by atoms with Gasteiger partial charge in [0.2, 0.25) is 5.13 Å². The molecule has 0 saturated carbocycles. The van der Waals surface area contributed by atoms with Gasteiger partial charge in [-0.15, -0.1) is 0 Å². The first kappa shape index (κ1) is 10.1. The van der Waals surface area contributed by atoms with Crippen LogP contribution in [0, 0.1) is 0 Å². The number of hydrogen-bond donors (Lipinski definition) is 1. The summed E-state index contributed by atoms with van der Waals surface area (Å²) in [7, 11) is 1.97. The fourth-order valence-electron chi connectivity index (χ4n) is 1.43. The minimum Gasteiger partial charge on any atom is -0.326 e. The zero-order valence-corrected chi connectivity index (χ0v) is 9.24. The minimum atomic E-state index is 0.527. The van der Waals surface area contributed by atoms with E-state index in [0.29, 0.717) is 6.54 Å². The van der Waals surface area contributed by atoms with Gasteiger partial charge in [-0.3, -0.25) is 0 Å². The van der Waals surface area contributed by atoms with Gasteiger partial charge in [-0.2, -0.15) is 4.37 Å². The average molecular weight is 220 g/mol. The van der Waals surface area contributed by atoms with Crippen LogP contribution in [-0.4, -0.2) is 16.4 Å². The van der Waals surface area contributed by atoms with E-state index in [1.165, 1.54) is 11.5 Å². The molecule has 0 fully saturated rings. The molecule has 15 heavy (non-hydrogen) atoms. The standard InChI is InChI=1S/C10H12N4S/c1-14(10-12-7-13-15-10)9-5-3-2-4-8(9)6-11/h2-5,7H,6,11H2,1H3. The van der Waals surface area contributed by atoms with Crippen molar-refractivity contribution in [1.29, 1.82) is 0 Å². The van der Waals surface area contributed by atoms with Crippen molar-refractivity contribution < 1.29 is 0 Å². The first-order valence-corrected chi connectivity index (χ1v) is 5.38. The lowest BCUT2D eigenvalue weighted by Crippen LogP contribution is -2.12.